The minimum Gasteiger partial charge on any atom is -0.380 e. The normalized spacial score (nSPS) is 19.9. The predicted molar refractivity (Wildman–Crippen MR) is 205 cm³/mol. The molecule has 1 aromatic rings. The van der Waals surface area contributed by atoms with Gasteiger partial charge in [0.2, 0.25) is 23.6 Å². The van der Waals surface area contributed by atoms with Crippen LogP contribution < -0.4 is 16.0 Å². The Morgan fingerprint density at radius 3 is 2.00 bits per heavy atom. The second kappa shape index (κ2) is 21.5. The zero-order chi connectivity index (χ0) is 40.2. The molecule has 0 aliphatic carbocycles. The van der Waals surface area contributed by atoms with Gasteiger partial charge < -0.3 is 40.0 Å². The number of nitrogens with zero attached hydrogens (tertiary/aromatic N) is 2. The third-order valence-corrected chi connectivity index (χ3v) is 10.9. The Morgan fingerprint density at radius 1 is 0.906 bits per heavy atom. The van der Waals surface area contributed by atoms with Gasteiger partial charge in [0.25, 0.3) is 0 Å². The summed E-state index contributed by atoms with van der Waals surface area (Å²) < 4.78 is 17.6. The lowest BCUT2D eigenvalue weighted by Crippen LogP contribution is -2.59. The molecule has 0 aromatic heterocycles. The van der Waals surface area contributed by atoms with Gasteiger partial charge in [-0.15, -0.1) is 0 Å². The molecule has 2 rings (SSSR count). The summed E-state index contributed by atoms with van der Waals surface area (Å²) >= 11 is 0. The number of likely N-dealkylation sites (N-methyl/N-ethyl adjacent to an activating group) is 2. The van der Waals surface area contributed by atoms with E-state index in [0.29, 0.717) is 24.9 Å². The van der Waals surface area contributed by atoms with E-state index < -0.39 is 42.3 Å². The molecule has 4 amide bonds. The quantitative estimate of drug-likeness (QED) is 0.161. The highest BCUT2D eigenvalue weighted by atomic mass is 16.5. The van der Waals surface area contributed by atoms with Crippen LogP contribution in [0.3, 0.4) is 0 Å². The van der Waals surface area contributed by atoms with E-state index >= 15 is 0 Å². The molecule has 1 saturated heterocycles. The number of rotatable bonds is 21. The molecule has 0 bridgehead atoms. The Hall–Kier alpha value is -3.39. The van der Waals surface area contributed by atoms with Crippen LogP contribution in [0.5, 0.6) is 0 Å². The van der Waals surface area contributed by atoms with Gasteiger partial charge in [0.05, 0.1) is 55.3 Å². The standard InChI is InChI=1S/C40H67N5O8/c1-14-26(7)36(44(10)40(50)35(24(4)5)43-39(49)34(41-9)23(2)3)32(52-12)20-33(47)45-22-29(51-11)19-30(45)37(53-13)27(8)38(48)42-21-31(46)28-17-15-25(6)16-18-28/h15-18,23-24,26-27,29-30,32,34-37,41H,14,19-22H2,1-13H3,(H,42,48)(H,43,49)/t26-,27+,29+,30-,32+,34-,35?,36-,37+/m0/s1. The summed E-state index contributed by atoms with van der Waals surface area (Å²) in [5, 5.41) is 8.77. The third-order valence-electron chi connectivity index (χ3n) is 10.9. The zero-order valence-corrected chi connectivity index (χ0v) is 34.4. The molecule has 1 heterocycles. The second-order valence-corrected chi connectivity index (χ2v) is 15.2. The first kappa shape index (κ1) is 45.8. The SMILES string of the molecule is CC[C@H](C)[C@@H]([C@@H](CC(=O)N1C[C@H](OC)C[C@H]1[C@H](OC)[C@@H](C)C(=O)NCC(=O)c1ccc(C)cc1)OC)N(C)C(=O)C(NC(=O)[C@@H](NC)C(C)C)C(C)C. The van der Waals surface area contributed by atoms with Crippen molar-refractivity contribution in [2.75, 3.05) is 48.5 Å². The summed E-state index contributed by atoms with van der Waals surface area (Å²) in [6, 6.07) is 4.94. The Balaban J connectivity index is 2.29. The highest BCUT2D eigenvalue weighted by Gasteiger charge is 2.45. The van der Waals surface area contributed by atoms with E-state index in [0.717, 1.165) is 5.56 Å². The van der Waals surface area contributed by atoms with Crippen molar-refractivity contribution in [1.82, 2.24) is 25.8 Å². The number of hydrogen-bond donors (Lipinski definition) is 3. The van der Waals surface area contributed by atoms with Gasteiger partial charge in [-0.3, -0.25) is 24.0 Å². The summed E-state index contributed by atoms with van der Waals surface area (Å²) in [5.74, 6) is -2.22. The van der Waals surface area contributed by atoms with E-state index in [9.17, 15) is 24.0 Å². The maximum Gasteiger partial charge on any atom is 0.245 e. The van der Waals surface area contributed by atoms with Crippen LogP contribution >= 0.6 is 0 Å². The minimum absolute atomic E-state index is 0.0212. The van der Waals surface area contributed by atoms with Gasteiger partial charge in [-0.2, -0.15) is 0 Å². The topological polar surface area (TPSA) is 156 Å². The average molecular weight is 746 g/mol. The van der Waals surface area contributed by atoms with E-state index in [-0.39, 0.29) is 66.2 Å². The molecular formula is C40H67N5O8. The Bertz CT molecular complexity index is 1350. The van der Waals surface area contributed by atoms with E-state index in [1.54, 1.807) is 50.1 Å². The van der Waals surface area contributed by atoms with E-state index in [4.69, 9.17) is 14.2 Å². The third kappa shape index (κ3) is 12.1. The number of likely N-dealkylation sites (tertiary alicyclic amines) is 1. The lowest BCUT2D eigenvalue weighted by Gasteiger charge is -2.41. The maximum atomic E-state index is 14.3. The fraction of sp³-hybridized carbons (Fsp3) is 0.725. The Morgan fingerprint density at radius 2 is 1.51 bits per heavy atom. The fourth-order valence-electron chi connectivity index (χ4n) is 7.37. The van der Waals surface area contributed by atoms with Crippen molar-refractivity contribution in [3.05, 3.63) is 35.4 Å². The largest absolute Gasteiger partial charge is 0.380 e. The Labute approximate surface area is 317 Å². The molecule has 1 fully saturated rings. The number of aryl methyl sites for hydroxylation is 1. The molecule has 0 spiro atoms. The number of ether oxygens (including phenoxy) is 3. The van der Waals surface area contributed by atoms with Crippen molar-refractivity contribution < 1.29 is 38.2 Å². The predicted octanol–water partition coefficient (Wildman–Crippen LogP) is 3.22. The fourth-order valence-corrected chi connectivity index (χ4v) is 7.37. The van der Waals surface area contributed by atoms with Gasteiger partial charge in [-0.1, -0.05) is 84.7 Å². The first-order chi connectivity index (χ1) is 25.0. The molecule has 53 heavy (non-hydrogen) atoms. The molecule has 3 N–H and O–H groups in total. The van der Waals surface area contributed by atoms with E-state index in [2.05, 4.69) is 16.0 Å². The van der Waals surface area contributed by atoms with Crippen LogP contribution in [0, 0.1) is 30.6 Å². The van der Waals surface area contributed by atoms with Crippen LogP contribution in [0.15, 0.2) is 24.3 Å². The smallest absolute Gasteiger partial charge is 0.245 e. The molecule has 1 aromatic carbocycles. The number of amides is 4. The van der Waals surface area contributed by atoms with E-state index in [1.165, 1.54) is 14.2 Å². The second-order valence-electron chi connectivity index (χ2n) is 15.2. The van der Waals surface area contributed by atoms with Gasteiger partial charge in [-0.25, -0.2) is 0 Å². The van der Waals surface area contributed by atoms with Gasteiger partial charge >= 0.3 is 0 Å². The van der Waals surface area contributed by atoms with Crippen molar-refractivity contribution in [3.8, 4) is 0 Å². The molecule has 0 radical (unpaired) electrons. The molecule has 13 heteroatoms. The summed E-state index contributed by atoms with van der Waals surface area (Å²) in [6.45, 7) is 15.5. The molecule has 0 saturated carbocycles. The first-order valence-electron chi connectivity index (χ1n) is 19.0. The number of carbonyl (C=O) groups excluding carboxylic acids is 5. The van der Waals surface area contributed by atoms with Crippen LogP contribution in [0.2, 0.25) is 0 Å². The average Bonchev–Trinajstić information content (AvgIpc) is 3.56. The summed E-state index contributed by atoms with van der Waals surface area (Å²) in [5.41, 5.74) is 1.54. The summed E-state index contributed by atoms with van der Waals surface area (Å²) in [7, 11) is 8.07. The number of ketones is 1. The van der Waals surface area contributed by atoms with Gasteiger partial charge in [0.1, 0.15) is 6.04 Å². The molecule has 300 valence electrons. The van der Waals surface area contributed by atoms with Crippen LogP contribution in [0.25, 0.3) is 0 Å². The number of carbonyl (C=O) groups is 5. The van der Waals surface area contributed by atoms with Crippen LogP contribution in [0.1, 0.15) is 83.7 Å². The van der Waals surface area contributed by atoms with Gasteiger partial charge in [0.15, 0.2) is 5.78 Å². The minimum atomic E-state index is -0.783. The van der Waals surface area contributed by atoms with Gasteiger partial charge in [-0.05, 0) is 38.1 Å². The molecule has 1 unspecified atom stereocenters. The number of benzene rings is 1. The molecule has 1 aliphatic rings. The van der Waals surface area contributed by atoms with Crippen LogP contribution in [0.4, 0.5) is 0 Å². The molecule has 13 nitrogen and oxygen atoms in total. The highest BCUT2D eigenvalue weighted by Crippen LogP contribution is 2.31. The maximum absolute atomic E-state index is 14.3. The van der Waals surface area contributed by atoms with E-state index in [1.807, 2.05) is 60.6 Å². The van der Waals surface area contributed by atoms with Crippen molar-refractivity contribution in [2.45, 2.75) is 117 Å². The number of methoxy groups -OCH3 is 3. The lowest BCUT2D eigenvalue weighted by molar-refractivity contribution is -0.147. The highest BCUT2D eigenvalue weighted by molar-refractivity contribution is 5.99. The molecular weight excluding hydrogens is 678 g/mol. The van der Waals surface area contributed by atoms with Crippen molar-refractivity contribution in [1.29, 1.82) is 0 Å². The Kier molecular flexibility index (Phi) is 18.6. The monoisotopic (exact) mass is 745 g/mol. The molecule has 9 atom stereocenters. The van der Waals surface area contributed by atoms with Crippen molar-refractivity contribution in [2.24, 2.45) is 23.7 Å². The number of hydrogen-bond acceptors (Lipinski definition) is 9. The number of Topliss-reactive ketones (excluding diaryl/α,β-unsaturated/α-hetero) is 1. The molecule has 1 aliphatic heterocycles. The summed E-state index contributed by atoms with van der Waals surface area (Å²) in [4.78, 5) is 71.1. The summed E-state index contributed by atoms with van der Waals surface area (Å²) in [6.07, 6.45) is -0.512. The first-order valence-corrected chi connectivity index (χ1v) is 19.0. The van der Waals surface area contributed by atoms with Crippen molar-refractivity contribution >= 4 is 29.4 Å². The zero-order valence-electron chi connectivity index (χ0n) is 34.4. The van der Waals surface area contributed by atoms with Crippen LogP contribution in [-0.2, 0) is 33.4 Å². The lowest BCUT2D eigenvalue weighted by atomic mass is 9.89. The van der Waals surface area contributed by atoms with Crippen LogP contribution in [-0.4, -0.2) is 130 Å². The van der Waals surface area contributed by atoms with Crippen molar-refractivity contribution in [3.63, 3.8) is 0 Å². The van der Waals surface area contributed by atoms with Gasteiger partial charge in [0, 0.05) is 40.5 Å². The number of nitrogens with one attached hydrogen (secondary N) is 3.